The van der Waals surface area contributed by atoms with E-state index in [1.165, 1.54) is 11.6 Å². The molecular weight excluding hydrogens is 367 g/mol. The van der Waals surface area contributed by atoms with E-state index < -0.39 is 0 Å². The average molecular weight is 390 g/mol. The first kappa shape index (κ1) is 18.1. The molecule has 0 saturated carbocycles. The molecule has 1 aliphatic rings. The molecule has 0 atom stereocenters. The number of hydrogen-bond donors (Lipinski definition) is 2. The Morgan fingerprint density at radius 2 is 1.93 bits per heavy atom. The molecule has 0 spiro atoms. The Morgan fingerprint density at radius 3 is 2.79 bits per heavy atom. The van der Waals surface area contributed by atoms with Crippen molar-refractivity contribution in [2.24, 2.45) is 0 Å². The highest BCUT2D eigenvalue weighted by atomic mass is 19.1. The van der Waals surface area contributed by atoms with E-state index in [0.29, 0.717) is 11.3 Å². The van der Waals surface area contributed by atoms with E-state index in [0.717, 1.165) is 61.1 Å². The standard InChI is InChI=1S/C23H23FN4O/c24-17-5-6-18-16(14-25-21(18)13-17)9-12-28-10-7-15(8-11-28)22-26-20-4-2-1-3-19(20)23(29)27-22/h1-6,13-15,25H,7-12H2,(H,26,27,29). The lowest BCUT2D eigenvalue weighted by molar-refractivity contribution is 0.211. The van der Waals surface area contributed by atoms with Crippen LogP contribution in [0, 0.1) is 5.82 Å². The van der Waals surface area contributed by atoms with Crippen molar-refractivity contribution >= 4 is 21.8 Å². The third-order valence-corrected chi connectivity index (χ3v) is 6.03. The summed E-state index contributed by atoms with van der Waals surface area (Å²) in [5.41, 5.74) is 2.79. The first-order valence-corrected chi connectivity index (χ1v) is 10.1. The van der Waals surface area contributed by atoms with Crippen LogP contribution in [0.25, 0.3) is 21.8 Å². The molecule has 0 aliphatic carbocycles. The first-order chi connectivity index (χ1) is 14.2. The van der Waals surface area contributed by atoms with Crippen molar-refractivity contribution in [1.29, 1.82) is 0 Å². The Hall–Kier alpha value is -2.99. The Labute approximate surface area is 167 Å². The van der Waals surface area contributed by atoms with E-state index in [4.69, 9.17) is 4.98 Å². The molecular formula is C23H23FN4O. The number of hydrogen-bond acceptors (Lipinski definition) is 3. The highest BCUT2D eigenvalue weighted by molar-refractivity contribution is 5.83. The highest BCUT2D eigenvalue weighted by Crippen LogP contribution is 2.26. The smallest absolute Gasteiger partial charge is 0.258 e. The monoisotopic (exact) mass is 390 g/mol. The van der Waals surface area contributed by atoms with Crippen molar-refractivity contribution in [2.45, 2.75) is 25.2 Å². The first-order valence-electron chi connectivity index (χ1n) is 10.1. The van der Waals surface area contributed by atoms with E-state index >= 15 is 0 Å². The van der Waals surface area contributed by atoms with Crippen molar-refractivity contribution in [2.75, 3.05) is 19.6 Å². The van der Waals surface area contributed by atoms with Gasteiger partial charge in [0.25, 0.3) is 5.56 Å². The lowest BCUT2D eigenvalue weighted by atomic mass is 9.95. The zero-order valence-electron chi connectivity index (χ0n) is 16.1. The van der Waals surface area contributed by atoms with Gasteiger partial charge in [0.15, 0.2) is 0 Å². The van der Waals surface area contributed by atoms with Crippen molar-refractivity contribution in [3.05, 3.63) is 76.2 Å². The molecule has 0 amide bonds. The van der Waals surface area contributed by atoms with Crippen LogP contribution in [0.3, 0.4) is 0 Å². The van der Waals surface area contributed by atoms with Crippen LogP contribution in [0.5, 0.6) is 0 Å². The summed E-state index contributed by atoms with van der Waals surface area (Å²) in [6, 6.07) is 12.4. The van der Waals surface area contributed by atoms with Gasteiger partial charge in [0.1, 0.15) is 11.6 Å². The number of nitrogens with one attached hydrogen (secondary N) is 2. The Balaban J connectivity index is 1.23. The quantitative estimate of drug-likeness (QED) is 0.554. The summed E-state index contributed by atoms with van der Waals surface area (Å²) in [5, 5.41) is 1.74. The molecule has 1 fully saturated rings. The molecule has 3 heterocycles. The van der Waals surface area contributed by atoms with Gasteiger partial charge < -0.3 is 14.9 Å². The topological polar surface area (TPSA) is 64.8 Å². The van der Waals surface area contributed by atoms with Crippen LogP contribution >= 0.6 is 0 Å². The third kappa shape index (κ3) is 3.56. The second-order valence-electron chi connectivity index (χ2n) is 7.84. The van der Waals surface area contributed by atoms with Gasteiger partial charge in [-0.1, -0.05) is 12.1 Å². The maximum Gasteiger partial charge on any atom is 0.258 e. The van der Waals surface area contributed by atoms with Crippen molar-refractivity contribution in [1.82, 2.24) is 19.9 Å². The molecule has 0 bridgehead atoms. The van der Waals surface area contributed by atoms with E-state index in [9.17, 15) is 9.18 Å². The molecule has 2 aromatic carbocycles. The van der Waals surface area contributed by atoms with Crippen LogP contribution in [0.1, 0.15) is 30.1 Å². The number of likely N-dealkylation sites (tertiary alicyclic amines) is 1. The fraction of sp³-hybridized carbons (Fsp3) is 0.304. The van der Waals surface area contributed by atoms with Gasteiger partial charge in [-0.05, 0) is 68.2 Å². The minimum Gasteiger partial charge on any atom is -0.361 e. The van der Waals surface area contributed by atoms with Crippen LogP contribution in [0.4, 0.5) is 4.39 Å². The molecule has 2 aromatic heterocycles. The van der Waals surface area contributed by atoms with Gasteiger partial charge in [-0.15, -0.1) is 0 Å². The summed E-state index contributed by atoms with van der Waals surface area (Å²) >= 11 is 0. The number of halogens is 1. The molecule has 148 valence electrons. The number of fused-ring (bicyclic) bond motifs is 2. The predicted molar refractivity (Wildman–Crippen MR) is 113 cm³/mol. The predicted octanol–water partition coefficient (Wildman–Crippen LogP) is 3.97. The summed E-state index contributed by atoms with van der Waals surface area (Å²) in [6.45, 7) is 2.94. The molecule has 1 aliphatic heterocycles. The van der Waals surface area contributed by atoms with Crippen molar-refractivity contribution in [3.8, 4) is 0 Å². The number of aromatic amines is 2. The van der Waals surface area contributed by atoms with Crippen LogP contribution in [-0.2, 0) is 6.42 Å². The number of rotatable bonds is 4. The number of benzene rings is 2. The summed E-state index contributed by atoms with van der Waals surface area (Å²) < 4.78 is 13.4. The van der Waals surface area contributed by atoms with E-state index in [2.05, 4.69) is 14.9 Å². The van der Waals surface area contributed by atoms with Gasteiger partial charge in [0.2, 0.25) is 0 Å². The summed E-state index contributed by atoms with van der Waals surface area (Å²) in [4.78, 5) is 25.7. The van der Waals surface area contributed by atoms with Crippen molar-refractivity contribution in [3.63, 3.8) is 0 Å². The fourth-order valence-corrected chi connectivity index (χ4v) is 4.37. The molecule has 4 aromatic rings. The zero-order valence-corrected chi connectivity index (χ0v) is 16.1. The number of H-pyrrole nitrogens is 2. The Morgan fingerprint density at radius 1 is 1.10 bits per heavy atom. The van der Waals surface area contributed by atoms with Crippen LogP contribution in [0.15, 0.2) is 53.5 Å². The molecule has 6 heteroatoms. The normalized spacial score (nSPS) is 16.0. The molecule has 0 unspecified atom stereocenters. The Kier molecular flexibility index (Phi) is 4.64. The molecule has 29 heavy (non-hydrogen) atoms. The summed E-state index contributed by atoms with van der Waals surface area (Å²) in [6.07, 6.45) is 4.89. The number of para-hydroxylation sites is 1. The van der Waals surface area contributed by atoms with Crippen LogP contribution < -0.4 is 5.56 Å². The van der Waals surface area contributed by atoms with E-state index in [-0.39, 0.29) is 11.4 Å². The zero-order chi connectivity index (χ0) is 19.8. The van der Waals surface area contributed by atoms with Crippen LogP contribution in [0.2, 0.25) is 0 Å². The number of aromatic nitrogens is 3. The fourth-order valence-electron chi connectivity index (χ4n) is 4.37. The van der Waals surface area contributed by atoms with Gasteiger partial charge in [-0.3, -0.25) is 4.79 Å². The molecule has 2 N–H and O–H groups in total. The minimum absolute atomic E-state index is 0.0520. The molecule has 1 saturated heterocycles. The number of piperidine rings is 1. The van der Waals surface area contributed by atoms with E-state index in [1.807, 2.05) is 36.5 Å². The second-order valence-corrected chi connectivity index (χ2v) is 7.84. The molecule has 5 rings (SSSR count). The molecule has 5 nitrogen and oxygen atoms in total. The largest absolute Gasteiger partial charge is 0.361 e. The van der Waals surface area contributed by atoms with Gasteiger partial charge in [0.05, 0.1) is 10.9 Å². The third-order valence-electron chi connectivity index (χ3n) is 6.03. The lowest BCUT2D eigenvalue weighted by Gasteiger charge is -2.31. The molecule has 0 radical (unpaired) electrons. The summed E-state index contributed by atoms with van der Waals surface area (Å²) in [5.74, 6) is 0.889. The highest BCUT2D eigenvalue weighted by Gasteiger charge is 2.23. The minimum atomic E-state index is -0.215. The Bertz CT molecular complexity index is 1220. The number of nitrogens with zero attached hydrogens (tertiary/aromatic N) is 2. The van der Waals surface area contributed by atoms with Gasteiger partial charge >= 0.3 is 0 Å². The lowest BCUT2D eigenvalue weighted by Crippen LogP contribution is -2.35. The average Bonchev–Trinajstić information content (AvgIpc) is 3.14. The van der Waals surface area contributed by atoms with Gasteiger partial charge in [0, 0.05) is 29.6 Å². The van der Waals surface area contributed by atoms with Crippen molar-refractivity contribution < 1.29 is 4.39 Å². The second kappa shape index (κ2) is 7.44. The van der Waals surface area contributed by atoms with E-state index in [1.54, 1.807) is 6.07 Å². The maximum atomic E-state index is 13.4. The maximum absolute atomic E-state index is 13.4. The SMILES string of the molecule is O=c1[nH]c(C2CCN(CCc3c[nH]c4cc(F)ccc34)CC2)nc2ccccc12. The van der Waals surface area contributed by atoms with Gasteiger partial charge in [-0.25, -0.2) is 9.37 Å². The van der Waals surface area contributed by atoms with Crippen LogP contribution in [-0.4, -0.2) is 39.5 Å². The van der Waals surface area contributed by atoms with Gasteiger partial charge in [-0.2, -0.15) is 0 Å². The summed E-state index contributed by atoms with van der Waals surface area (Å²) in [7, 11) is 0.